The van der Waals surface area contributed by atoms with Crippen LogP contribution in [-0.2, 0) is 9.53 Å². The van der Waals surface area contributed by atoms with E-state index in [4.69, 9.17) is 4.74 Å². The third-order valence-corrected chi connectivity index (χ3v) is 3.93. The van der Waals surface area contributed by atoms with Crippen LogP contribution >= 0.6 is 0 Å². The predicted octanol–water partition coefficient (Wildman–Crippen LogP) is 2.98. The van der Waals surface area contributed by atoms with Gasteiger partial charge in [0.15, 0.2) is 5.78 Å². The van der Waals surface area contributed by atoms with E-state index in [0.717, 1.165) is 11.1 Å². The molecule has 6 heteroatoms. The average Bonchev–Trinajstić information content (AvgIpc) is 2.66. The predicted molar refractivity (Wildman–Crippen MR) is 98.0 cm³/mol. The molecule has 0 N–H and O–H groups in total. The molecule has 2 aromatic rings. The minimum Gasteiger partial charge on any atom is -0.450 e. The minimum atomic E-state index is -0.429. The fourth-order valence-electron chi connectivity index (χ4n) is 2.70. The quantitative estimate of drug-likeness (QED) is 0.797. The number of rotatable bonds is 3. The third kappa shape index (κ3) is 4.22. The van der Waals surface area contributed by atoms with Gasteiger partial charge < -0.3 is 4.74 Å². The van der Waals surface area contributed by atoms with Gasteiger partial charge in [-0.15, -0.1) is 0 Å². The number of nitrogens with zero attached hydrogens (tertiary/aromatic N) is 3. The summed E-state index contributed by atoms with van der Waals surface area (Å²) >= 11 is 0. The molecular formula is C20H19N3O3. The van der Waals surface area contributed by atoms with Gasteiger partial charge in [-0.2, -0.15) is 0 Å². The summed E-state index contributed by atoms with van der Waals surface area (Å²) in [5, 5.41) is 0. The standard InChI is InChI=1S/C20H19N3O3/c1-2-26-20(25)23-13-17(11-15-3-7-21-8-4-15)19(24)18(14-23)12-16-5-9-22-10-6-16/h3-12H,2,13-14H2,1H3/b17-11-,18-12-. The molecule has 0 radical (unpaired) electrons. The van der Waals surface area contributed by atoms with Crippen LogP contribution in [0.25, 0.3) is 12.2 Å². The lowest BCUT2D eigenvalue weighted by Gasteiger charge is -2.29. The number of Topliss-reactive ketones (excluding diaryl/α,β-unsaturated/α-hetero) is 1. The second-order valence-electron chi connectivity index (χ2n) is 5.78. The summed E-state index contributed by atoms with van der Waals surface area (Å²) in [6, 6.07) is 7.26. The van der Waals surface area contributed by atoms with Gasteiger partial charge in [0.1, 0.15) is 0 Å². The van der Waals surface area contributed by atoms with Crippen LogP contribution in [0.2, 0.25) is 0 Å². The first-order chi connectivity index (χ1) is 12.7. The van der Waals surface area contributed by atoms with Crippen molar-refractivity contribution in [1.82, 2.24) is 14.9 Å². The third-order valence-electron chi connectivity index (χ3n) is 3.93. The van der Waals surface area contributed by atoms with Crippen LogP contribution in [0.3, 0.4) is 0 Å². The van der Waals surface area contributed by atoms with Gasteiger partial charge in [-0.1, -0.05) is 0 Å². The molecule has 1 amide bonds. The van der Waals surface area contributed by atoms with Crippen molar-refractivity contribution >= 4 is 24.0 Å². The number of ketones is 1. The number of hydrogen-bond donors (Lipinski definition) is 0. The molecule has 0 aliphatic carbocycles. The lowest BCUT2D eigenvalue weighted by molar-refractivity contribution is -0.113. The van der Waals surface area contributed by atoms with E-state index in [1.54, 1.807) is 43.9 Å². The molecule has 1 aliphatic rings. The van der Waals surface area contributed by atoms with E-state index >= 15 is 0 Å². The number of amides is 1. The first kappa shape index (κ1) is 17.5. The zero-order valence-electron chi connectivity index (χ0n) is 14.5. The van der Waals surface area contributed by atoms with Crippen molar-refractivity contribution in [2.45, 2.75) is 6.92 Å². The van der Waals surface area contributed by atoms with Gasteiger partial charge in [0.25, 0.3) is 0 Å². The molecule has 0 unspecified atom stereocenters. The van der Waals surface area contributed by atoms with Gasteiger partial charge in [-0.05, 0) is 54.5 Å². The van der Waals surface area contributed by atoms with Crippen LogP contribution in [0.15, 0.2) is 60.2 Å². The Morgan fingerprint density at radius 3 is 1.88 bits per heavy atom. The highest BCUT2D eigenvalue weighted by molar-refractivity contribution is 6.15. The number of hydrogen-bond acceptors (Lipinski definition) is 5. The van der Waals surface area contributed by atoms with Gasteiger partial charge in [0, 0.05) is 35.9 Å². The zero-order valence-corrected chi connectivity index (χ0v) is 14.5. The Bertz CT molecular complexity index is 784. The summed E-state index contributed by atoms with van der Waals surface area (Å²) in [7, 11) is 0. The molecule has 0 spiro atoms. The van der Waals surface area contributed by atoms with Crippen molar-refractivity contribution < 1.29 is 14.3 Å². The van der Waals surface area contributed by atoms with Crippen molar-refractivity contribution in [1.29, 1.82) is 0 Å². The number of carbonyl (C=O) groups is 2. The van der Waals surface area contributed by atoms with E-state index in [9.17, 15) is 9.59 Å². The molecular weight excluding hydrogens is 330 g/mol. The Kier molecular flexibility index (Phi) is 5.53. The lowest BCUT2D eigenvalue weighted by Crippen LogP contribution is -2.41. The van der Waals surface area contributed by atoms with Crippen molar-refractivity contribution in [2.75, 3.05) is 19.7 Å². The number of aromatic nitrogens is 2. The molecule has 1 fully saturated rings. The lowest BCUT2D eigenvalue weighted by atomic mass is 9.95. The average molecular weight is 349 g/mol. The maximum atomic E-state index is 12.9. The molecule has 3 rings (SSSR count). The highest BCUT2D eigenvalue weighted by Gasteiger charge is 2.29. The fourth-order valence-corrected chi connectivity index (χ4v) is 2.70. The Morgan fingerprint density at radius 1 is 1.00 bits per heavy atom. The highest BCUT2D eigenvalue weighted by atomic mass is 16.6. The first-order valence-corrected chi connectivity index (χ1v) is 8.35. The molecule has 0 bridgehead atoms. The van der Waals surface area contributed by atoms with Crippen LogP contribution in [0.4, 0.5) is 4.79 Å². The molecule has 0 aromatic carbocycles. The number of piperidine rings is 1. The normalized spacial score (nSPS) is 17.6. The number of pyridine rings is 2. The highest BCUT2D eigenvalue weighted by Crippen LogP contribution is 2.22. The van der Waals surface area contributed by atoms with E-state index in [2.05, 4.69) is 9.97 Å². The van der Waals surface area contributed by atoms with Gasteiger partial charge in [-0.25, -0.2) is 4.79 Å². The van der Waals surface area contributed by atoms with Gasteiger partial charge >= 0.3 is 6.09 Å². The summed E-state index contributed by atoms with van der Waals surface area (Å²) in [4.78, 5) is 34.6. The van der Waals surface area contributed by atoms with Crippen molar-refractivity contribution in [3.63, 3.8) is 0 Å². The Hall–Kier alpha value is -3.28. The molecule has 1 saturated heterocycles. The second kappa shape index (κ2) is 8.20. The molecule has 0 saturated carbocycles. The van der Waals surface area contributed by atoms with Crippen molar-refractivity contribution in [3.8, 4) is 0 Å². The van der Waals surface area contributed by atoms with E-state index in [1.165, 1.54) is 4.90 Å². The molecule has 132 valence electrons. The minimum absolute atomic E-state index is 0.0702. The smallest absolute Gasteiger partial charge is 0.410 e. The van der Waals surface area contributed by atoms with E-state index in [-0.39, 0.29) is 25.5 Å². The van der Waals surface area contributed by atoms with Gasteiger partial charge in [0.2, 0.25) is 0 Å². The largest absolute Gasteiger partial charge is 0.450 e. The first-order valence-electron chi connectivity index (χ1n) is 8.35. The molecule has 6 nitrogen and oxygen atoms in total. The topological polar surface area (TPSA) is 72.4 Å². The maximum absolute atomic E-state index is 12.9. The summed E-state index contributed by atoms with van der Waals surface area (Å²) < 4.78 is 5.11. The molecule has 0 atom stereocenters. The van der Waals surface area contributed by atoms with Gasteiger partial charge in [-0.3, -0.25) is 19.7 Å². The number of likely N-dealkylation sites (tertiary alicyclic amines) is 1. The summed E-state index contributed by atoms with van der Waals surface area (Å²) in [5.41, 5.74) is 2.79. The van der Waals surface area contributed by atoms with Crippen molar-refractivity contribution in [2.24, 2.45) is 0 Å². The maximum Gasteiger partial charge on any atom is 0.410 e. The van der Waals surface area contributed by atoms with Crippen LogP contribution in [0, 0.1) is 0 Å². The van der Waals surface area contributed by atoms with E-state index < -0.39 is 6.09 Å². The monoisotopic (exact) mass is 349 g/mol. The van der Waals surface area contributed by atoms with Crippen LogP contribution < -0.4 is 0 Å². The SMILES string of the molecule is CCOC(=O)N1C/C(=C/c2ccncc2)C(=O)/C(=C\c2ccncc2)C1. The van der Waals surface area contributed by atoms with E-state index in [1.807, 2.05) is 24.3 Å². The van der Waals surface area contributed by atoms with Crippen LogP contribution in [-0.4, -0.2) is 46.4 Å². The number of ether oxygens (including phenoxy) is 1. The van der Waals surface area contributed by atoms with Crippen molar-refractivity contribution in [3.05, 3.63) is 71.3 Å². The second-order valence-corrected chi connectivity index (χ2v) is 5.78. The Balaban J connectivity index is 1.96. The molecule has 3 heterocycles. The number of carbonyl (C=O) groups excluding carboxylic acids is 2. The molecule has 2 aromatic heterocycles. The van der Waals surface area contributed by atoms with Crippen LogP contribution in [0.5, 0.6) is 0 Å². The Morgan fingerprint density at radius 2 is 1.46 bits per heavy atom. The summed E-state index contributed by atoms with van der Waals surface area (Å²) in [6.07, 6.45) is 9.80. The molecule has 26 heavy (non-hydrogen) atoms. The summed E-state index contributed by atoms with van der Waals surface area (Å²) in [6.45, 7) is 2.48. The van der Waals surface area contributed by atoms with Gasteiger partial charge in [0.05, 0.1) is 19.7 Å². The van der Waals surface area contributed by atoms with E-state index in [0.29, 0.717) is 11.1 Å². The zero-order chi connectivity index (χ0) is 18.4. The summed E-state index contributed by atoms with van der Waals surface area (Å²) in [5.74, 6) is -0.0702. The molecule has 1 aliphatic heterocycles. The Labute approximate surface area is 151 Å². The fraction of sp³-hybridized carbons (Fsp3) is 0.200. The van der Waals surface area contributed by atoms with Crippen LogP contribution in [0.1, 0.15) is 18.1 Å².